The molecule has 2 N–H and O–H groups in total. The van der Waals surface area contributed by atoms with Gasteiger partial charge >= 0.3 is 0 Å². The largest absolute Gasteiger partial charge is 0.359 e. The van der Waals surface area contributed by atoms with E-state index in [4.69, 9.17) is 35.4 Å². The smallest absolute Gasteiger partial charge is 0.171 e. The molecule has 2 nitrogen and oxygen atoms in total. The van der Waals surface area contributed by atoms with Crippen molar-refractivity contribution in [3.63, 3.8) is 0 Å². The van der Waals surface area contributed by atoms with Crippen LogP contribution < -0.4 is 10.6 Å². The van der Waals surface area contributed by atoms with E-state index < -0.39 is 0 Å². The quantitative estimate of drug-likeness (QED) is 0.585. The molecule has 0 amide bonds. The van der Waals surface area contributed by atoms with E-state index in [2.05, 4.69) is 17.6 Å². The van der Waals surface area contributed by atoms with Gasteiger partial charge in [0.1, 0.15) is 0 Å². The second-order valence-corrected chi connectivity index (χ2v) is 9.63. The lowest BCUT2D eigenvalue weighted by molar-refractivity contribution is -0.0709. The highest BCUT2D eigenvalue weighted by atomic mass is 35.5. The number of hydrogen-bond donors (Lipinski definition) is 2. The van der Waals surface area contributed by atoms with Gasteiger partial charge in [-0.2, -0.15) is 0 Å². The second-order valence-electron chi connectivity index (χ2n) is 8.44. The van der Waals surface area contributed by atoms with Crippen LogP contribution in [-0.4, -0.2) is 11.2 Å². The lowest BCUT2D eigenvalue weighted by atomic mass is 9.47. The molecule has 1 atom stereocenters. The third kappa shape index (κ3) is 3.40. The van der Waals surface area contributed by atoms with Gasteiger partial charge < -0.3 is 10.6 Å². The summed E-state index contributed by atoms with van der Waals surface area (Å²) in [6.07, 6.45) is 9.65. The lowest BCUT2D eigenvalue weighted by Crippen LogP contribution is -2.57. The average Bonchev–Trinajstić information content (AvgIpc) is 2.55. The highest BCUT2D eigenvalue weighted by Gasteiger charge is 2.53. The number of halogens is 2. The standard InChI is InChI=1S/C20H26Cl2N2S/c1-2-17(20-9-12-6-13(10-20)8-14(7-12)11-20)24-19(25)23-16-5-3-4-15(21)18(16)22/h3-5,12-14,17H,2,6-11H2,1H3,(H2,23,24,25)/t12?,13?,14?,17-,20?/m0/s1. The van der Waals surface area contributed by atoms with Crippen LogP contribution in [0.5, 0.6) is 0 Å². The first-order chi connectivity index (χ1) is 12.0. The van der Waals surface area contributed by atoms with Gasteiger partial charge in [0, 0.05) is 6.04 Å². The van der Waals surface area contributed by atoms with Gasteiger partial charge in [-0.1, -0.05) is 36.2 Å². The summed E-state index contributed by atoms with van der Waals surface area (Å²) in [5.41, 5.74) is 1.21. The second kappa shape index (κ2) is 6.90. The Labute approximate surface area is 166 Å². The minimum absolute atomic E-state index is 0.438. The Hall–Kier alpha value is -0.510. The topological polar surface area (TPSA) is 24.1 Å². The van der Waals surface area contributed by atoms with E-state index in [9.17, 15) is 0 Å². The fraction of sp³-hybridized carbons (Fsp3) is 0.650. The summed E-state index contributed by atoms with van der Waals surface area (Å²) in [5, 5.41) is 8.62. The average molecular weight is 397 g/mol. The molecule has 1 aromatic carbocycles. The van der Waals surface area contributed by atoms with Crippen LogP contribution in [0.1, 0.15) is 51.9 Å². The molecule has 5 heteroatoms. The van der Waals surface area contributed by atoms with E-state index in [1.165, 1.54) is 38.5 Å². The fourth-order valence-corrected chi connectivity index (χ4v) is 6.81. The molecule has 4 fully saturated rings. The molecule has 0 radical (unpaired) electrons. The van der Waals surface area contributed by atoms with Crippen molar-refractivity contribution in [1.29, 1.82) is 0 Å². The van der Waals surface area contributed by atoms with Gasteiger partial charge in [0.2, 0.25) is 0 Å². The monoisotopic (exact) mass is 396 g/mol. The van der Waals surface area contributed by atoms with Crippen molar-refractivity contribution in [3.05, 3.63) is 28.2 Å². The van der Waals surface area contributed by atoms with Gasteiger partial charge in [-0.3, -0.25) is 0 Å². The van der Waals surface area contributed by atoms with Crippen LogP contribution in [0.3, 0.4) is 0 Å². The first-order valence-corrected chi connectivity index (χ1v) is 10.7. The zero-order chi connectivity index (χ0) is 17.6. The predicted octanol–water partition coefficient (Wildman–Crippen LogP) is 6.27. The van der Waals surface area contributed by atoms with Crippen LogP contribution >= 0.6 is 35.4 Å². The molecule has 4 aliphatic rings. The predicted molar refractivity (Wildman–Crippen MR) is 111 cm³/mol. The molecule has 0 aromatic heterocycles. The zero-order valence-electron chi connectivity index (χ0n) is 14.7. The van der Waals surface area contributed by atoms with Crippen molar-refractivity contribution >= 4 is 46.2 Å². The summed E-state index contributed by atoms with van der Waals surface area (Å²) < 4.78 is 0. The molecule has 0 spiro atoms. The molecule has 4 bridgehead atoms. The van der Waals surface area contributed by atoms with E-state index in [1.807, 2.05) is 12.1 Å². The summed E-state index contributed by atoms with van der Waals surface area (Å²) in [6, 6.07) is 6.03. The van der Waals surface area contributed by atoms with E-state index >= 15 is 0 Å². The van der Waals surface area contributed by atoms with Crippen LogP contribution in [-0.2, 0) is 0 Å². The molecule has 136 valence electrons. The van der Waals surface area contributed by atoms with Crippen LogP contribution in [0.25, 0.3) is 0 Å². The molecule has 1 aromatic rings. The molecule has 0 unspecified atom stereocenters. The molecule has 0 aliphatic heterocycles. The van der Waals surface area contributed by atoms with Gasteiger partial charge in [0.05, 0.1) is 15.7 Å². The van der Waals surface area contributed by atoms with Gasteiger partial charge in [-0.05, 0) is 92.5 Å². The number of anilines is 1. The minimum atomic E-state index is 0.438. The first-order valence-electron chi connectivity index (χ1n) is 9.50. The van der Waals surface area contributed by atoms with Gasteiger partial charge in [-0.15, -0.1) is 0 Å². The van der Waals surface area contributed by atoms with Crippen molar-refractivity contribution < 1.29 is 0 Å². The molecule has 0 heterocycles. The van der Waals surface area contributed by atoms with Crippen molar-refractivity contribution in [2.45, 2.75) is 57.9 Å². The molecular weight excluding hydrogens is 371 g/mol. The molecule has 0 saturated heterocycles. The normalized spacial score (nSPS) is 34.0. The van der Waals surface area contributed by atoms with Gasteiger partial charge in [-0.25, -0.2) is 0 Å². The van der Waals surface area contributed by atoms with E-state index in [1.54, 1.807) is 6.07 Å². The van der Waals surface area contributed by atoms with Crippen molar-refractivity contribution in [2.24, 2.45) is 23.2 Å². The van der Waals surface area contributed by atoms with E-state index in [-0.39, 0.29) is 0 Å². The van der Waals surface area contributed by atoms with E-state index in [0.717, 1.165) is 29.9 Å². The van der Waals surface area contributed by atoms with Crippen LogP contribution in [0.4, 0.5) is 5.69 Å². The van der Waals surface area contributed by atoms with Crippen LogP contribution in [0.2, 0.25) is 10.0 Å². The van der Waals surface area contributed by atoms with Crippen molar-refractivity contribution in [2.75, 3.05) is 5.32 Å². The summed E-state index contributed by atoms with van der Waals surface area (Å²) >= 11 is 18.0. The maximum Gasteiger partial charge on any atom is 0.171 e. The molecule has 5 rings (SSSR count). The molecule has 25 heavy (non-hydrogen) atoms. The SMILES string of the molecule is CC[C@H](NC(=S)Nc1cccc(Cl)c1Cl)C12CC3CC(CC(C3)C1)C2. The Bertz CT molecular complexity index is 640. The Morgan fingerprint density at radius 3 is 2.32 bits per heavy atom. The number of rotatable bonds is 4. The maximum absolute atomic E-state index is 6.28. The lowest BCUT2D eigenvalue weighted by Gasteiger charge is -2.59. The Morgan fingerprint density at radius 2 is 1.76 bits per heavy atom. The van der Waals surface area contributed by atoms with Gasteiger partial charge in [0.15, 0.2) is 5.11 Å². The maximum atomic E-state index is 6.28. The Kier molecular flexibility index (Phi) is 4.94. The summed E-state index contributed by atoms with van der Waals surface area (Å²) in [7, 11) is 0. The summed E-state index contributed by atoms with van der Waals surface area (Å²) in [5.74, 6) is 2.85. The Balaban J connectivity index is 1.47. The molecular formula is C20H26Cl2N2S. The number of benzene rings is 1. The highest BCUT2D eigenvalue weighted by molar-refractivity contribution is 7.80. The third-order valence-corrected chi connectivity index (χ3v) is 7.78. The van der Waals surface area contributed by atoms with Gasteiger partial charge in [0.25, 0.3) is 0 Å². The van der Waals surface area contributed by atoms with Crippen LogP contribution in [0.15, 0.2) is 18.2 Å². The third-order valence-electron chi connectivity index (χ3n) is 6.74. The van der Waals surface area contributed by atoms with Crippen molar-refractivity contribution in [1.82, 2.24) is 5.32 Å². The molecule has 4 saturated carbocycles. The Morgan fingerprint density at radius 1 is 1.16 bits per heavy atom. The summed E-state index contributed by atoms with van der Waals surface area (Å²) in [4.78, 5) is 0. The fourth-order valence-electron chi connectivity index (χ4n) is 6.21. The van der Waals surface area contributed by atoms with Crippen LogP contribution in [0, 0.1) is 23.2 Å². The first kappa shape index (κ1) is 17.9. The van der Waals surface area contributed by atoms with Crippen molar-refractivity contribution in [3.8, 4) is 0 Å². The molecule has 4 aliphatic carbocycles. The number of nitrogens with one attached hydrogen (secondary N) is 2. The number of hydrogen-bond acceptors (Lipinski definition) is 1. The highest BCUT2D eigenvalue weighted by Crippen LogP contribution is 2.61. The number of thiocarbonyl (C=S) groups is 1. The van der Waals surface area contributed by atoms with E-state index in [0.29, 0.717) is 26.6 Å². The summed E-state index contributed by atoms with van der Waals surface area (Å²) in [6.45, 7) is 2.28. The minimum Gasteiger partial charge on any atom is -0.359 e. The zero-order valence-corrected chi connectivity index (χ0v) is 17.0.